The second kappa shape index (κ2) is 7.91. The van der Waals surface area contributed by atoms with Gasteiger partial charge in [0.1, 0.15) is 0 Å². The third-order valence-corrected chi connectivity index (χ3v) is 4.63. The standard InChI is InChI=1S/C20H28N2O4/c1-13-16(18(23)26-6)17(21-19(24)22(13)11-12-25-5)14-7-9-15(10-8-14)20(2,3)4/h7-10,17H,11-12H2,1-6H3,(H,21,24). The van der Waals surface area contributed by atoms with Crippen molar-refractivity contribution in [3.63, 3.8) is 0 Å². The first-order valence-corrected chi connectivity index (χ1v) is 8.67. The molecule has 2 amide bonds. The number of methoxy groups -OCH3 is 2. The van der Waals surface area contributed by atoms with E-state index in [4.69, 9.17) is 9.47 Å². The Bertz CT molecular complexity index is 702. The van der Waals surface area contributed by atoms with Crippen molar-refractivity contribution in [1.82, 2.24) is 10.2 Å². The lowest BCUT2D eigenvalue weighted by molar-refractivity contribution is -0.136. The van der Waals surface area contributed by atoms with Crippen LogP contribution in [0.15, 0.2) is 35.5 Å². The number of hydrogen-bond donors (Lipinski definition) is 1. The molecule has 0 aromatic heterocycles. The lowest BCUT2D eigenvalue weighted by Crippen LogP contribution is -2.48. The SMILES string of the molecule is COCCN1C(=O)NC(c2ccc(C(C)(C)C)cc2)C(C(=O)OC)=C1C. The van der Waals surface area contributed by atoms with Crippen LogP contribution in [0.25, 0.3) is 0 Å². The maximum absolute atomic E-state index is 12.5. The van der Waals surface area contributed by atoms with Crippen LogP contribution < -0.4 is 5.32 Å². The number of carbonyl (C=O) groups excluding carboxylic acids is 2. The molecule has 26 heavy (non-hydrogen) atoms. The molecule has 1 aliphatic heterocycles. The molecule has 6 heteroatoms. The summed E-state index contributed by atoms with van der Waals surface area (Å²) in [6, 6.07) is 7.17. The van der Waals surface area contributed by atoms with E-state index in [-0.39, 0.29) is 11.4 Å². The quantitative estimate of drug-likeness (QED) is 0.819. The average molecular weight is 360 g/mol. The summed E-state index contributed by atoms with van der Waals surface area (Å²) in [5, 5.41) is 2.92. The van der Waals surface area contributed by atoms with Gasteiger partial charge in [0.05, 0.1) is 31.9 Å². The first-order chi connectivity index (χ1) is 12.2. The number of carbonyl (C=O) groups is 2. The van der Waals surface area contributed by atoms with Gasteiger partial charge in [0.25, 0.3) is 0 Å². The number of ether oxygens (including phenoxy) is 2. The molecule has 6 nitrogen and oxygen atoms in total. The van der Waals surface area contributed by atoms with E-state index in [1.54, 1.807) is 14.0 Å². The average Bonchev–Trinajstić information content (AvgIpc) is 2.60. The van der Waals surface area contributed by atoms with Crippen molar-refractivity contribution in [2.75, 3.05) is 27.4 Å². The van der Waals surface area contributed by atoms with Crippen molar-refractivity contribution in [2.24, 2.45) is 0 Å². The largest absolute Gasteiger partial charge is 0.466 e. The van der Waals surface area contributed by atoms with Crippen molar-refractivity contribution in [1.29, 1.82) is 0 Å². The zero-order valence-corrected chi connectivity index (χ0v) is 16.4. The Morgan fingerprint density at radius 1 is 1.19 bits per heavy atom. The van der Waals surface area contributed by atoms with Crippen LogP contribution in [0.3, 0.4) is 0 Å². The highest BCUT2D eigenvalue weighted by Gasteiger charge is 2.36. The van der Waals surface area contributed by atoms with Gasteiger partial charge in [0.2, 0.25) is 0 Å². The maximum Gasteiger partial charge on any atom is 0.337 e. The fourth-order valence-corrected chi connectivity index (χ4v) is 3.03. The molecule has 1 atom stereocenters. The molecule has 0 bridgehead atoms. The second-order valence-electron chi connectivity index (χ2n) is 7.39. The number of nitrogens with one attached hydrogen (secondary N) is 1. The van der Waals surface area contributed by atoms with Crippen LogP contribution in [0.1, 0.15) is 44.9 Å². The van der Waals surface area contributed by atoms with Gasteiger partial charge in [0.15, 0.2) is 0 Å². The molecule has 1 heterocycles. The Kier molecular flexibility index (Phi) is 6.08. The van der Waals surface area contributed by atoms with E-state index in [0.717, 1.165) is 5.56 Å². The highest BCUT2D eigenvalue weighted by Crippen LogP contribution is 2.32. The summed E-state index contributed by atoms with van der Waals surface area (Å²) in [6.45, 7) is 8.93. The summed E-state index contributed by atoms with van der Waals surface area (Å²) in [5.74, 6) is -0.449. The van der Waals surface area contributed by atoms with E-state index in [9.17, 15) is 9.59 Å². The van der Waals surface area contributed by atoms with Gasteiger partial charge < -0.3 is 14.8 Å². The van der Waals surface area contributed by atoms with Crippen LogP contribution in [0.4, 0.5) is 4.79 Å². The van der Waals surface area contributed by atoms with E-state index in [2.05, 4.69) is 26.1 Å². The van der Waals surface area contributed by atoms with E-state index < -0.39 is 12.0 Å². The third kappa shape index (κ3) is 4.07. The smallest absolute Gasteiger partial charge is 0.337 e. The molecule has 0 saturated heterocycles. The van der Waals surface area contributed by atoms with E-state index in [1.807, 2.05) is 24.3 Å². The Hall–Kier alpha value is -2.34. The van der Waals surface area contributed by atoms with E-state index >= 15 is 0 Å². The Morgan fingerprint density at radius 2 is 1.81 bits per heavy atom. The van der Waals surface area contributed by atoms with Gasteiger partial charge in [-0.05, 0) is 23.5 Å². The first-order valence-electron chi connectivity index (χ1n) is 8.67. The van der Waals surface area contributed by atoms with Gasteiger partial charge >= 0.3 is 12.0 Å². The van der Waals surface area contributed by atoms with Gasteiger partial charge in [-0.2, -0.15) is 0 Å². The second-order valence-corrected chi connectivity index (χ2v) is 7.39. The van der Waals surface area contributed by atoms with Crippen LogP contribution in [0, 0.1) is 0 Å². The monoisotopic (exact) mass is 360 g/mol. The molecule has 2 rings (SSSR count). The normalized spacial score (nSPS) is 18.0. The lowest BCUT2D eigenvalue weighted by atomic mass is 9.85. The number of esters is 1. The zero-order chi connectivity index (χ0) is 19.5. The van der Waals surface area contributed by atoms with Crippen LogP contribution >= 0.6 is 0 Å². The Labute approximate surface area is 155 Å². The molecule has 1 unspecified atom stereocenters. The molecule has 1 aromatic rings. The summed E-state index contributed by atoms with van der Waals surface area (Å²) < 4.78 is 10.0. The van der Waals surface area contributed by atoms with Crippen molar-refractivity contribution in [3.8, 4) is 0 Å². The highest BCUT2D eigenvalue weighted by atomic mass is 16.5. The Balaban J connectivity index is 2.44. The predicted octanol–water partition coefficient (Wildman–Crippen LogP) is 3.14. The van der Waals surface area contributed by atoms with Crippen molar-refractivity contribution < 1.29 is 19.1 Å². The molecular formula is C20H28N2O4. The summed E-state index contributed by atoms with van der Waals surface area (Å²) >= 11 is 0. The minimum atomic E-state index is -0.539. The maximum atomic E-state index is 12.5. The van der Waals surface area contributed by atoms with Gasteiger partial charge in [-0.3, -0.25) is 4.90 Å². The zero-order valence-electron chi connectivity index (χ0n) is 16.4. The Morgan fingerprint density at radius 3 is 2.31 bits per heavy atom. The van der Waals surface area contributed by atoms with Gasteiger partial charge in [0, 0.05) is 12.8 Å². The molecule has 0 spiro atoms. The summed E-state index contributed by atoms with van der Waals surface area (Å²) in [4.78, 5) is 26.5. The lowest BCUT2D eigenvalue weighted by Gasteiger charge is -2.35. The third-order valence-electron chi connectivity index (χ3n) is 4.63. The molecule has 142 valence electrons. The van der Waals surface area contributed by atoms with Gasteiger partial charge in [-0.15, -0.1) is 0 Å². The first kappa shape index (κ1) is 20.0. The molecule has 0 fully saturated rings. The predicted molar refractivity (Wildman–Crippen MR) is 99.7 cm³/mol. The molecule has 0 radical (unpaired) electrons. The summed E-state index contributed by atoms with van der Waals surface area (Å²) in [7, 11) is 2.92. The minimum absolute atomic E-state index is 0.0300. The molecule has 1 aromatic carbocycles. The van der Waals surface area contributed by atoms with Gasteiger partial charge in [-0.1, -0.05) is 45.0 Å². The van der Waals surface area contributed by atoms with Gasteiger partial charge in [-0.25, -0.2) is 9.59 Å². The van der Waals surface area contributed by atoms with Crippen LogP contribution in [-0.4, -0.2) is 44.3 Å². The molecule has 0 aliphatic carbocycles. The van der Waals surface area contributed by atoms with Crippen LogP contribution in [-0.2, 0) is 19.7 Å². The minimum Gasteiger partial charge on any atom is -0.466 e. The number of rotatable bonds is 5. The van der Waals surface area contributed by atoms with Crippen molar-refractivity contribution in [3.05, 3.63) is 46.7 Å². The molecule has 1 N–H and O–H groups in total. The number of allylic oxidation sites excluding steroid dienone is 1. The van der Waals surface area contributed by atoms with Crippen molar-refractivity contribution in [2.45, 2.75) is 39.2 Å². The number of benzene rings is 1. The number of urea groups is 1. The number of amides is 2. The van der Waals surface area contributed by atoms with Crippen molar-refractivity contribution >= 4 is 12.0 Å². The number of hydrogen-bond acceptors (Lipinski definition) is 4. The van der Waals surface area contributed by atoms with E-state index in [0.29, 0.717) is 24.4 Å². The van der Waals surface area contributed by atoms with Crippen LogP contribution in [0.5, 0.6) is 0 Å². The van der Waals surface area contributed by atoms with Crippen LogP contribution in [0.2, 0.25) is 0 Å². The molecule has 0 saturated carbocycles. The summed E-state index contributed by atoms with van der Waals surface area (Å²) in [6.07, 6.45) is 0. The fourth-order valence-electron chi connectivity index (χ4n) is 3.03. The highest BCUT2D eigenvalue weighted by molar-refractivity contribution is 5.95. The molecular weight excluding hydrogens is 332 g/mol. The number of nitrogens with zero attached hydrogens (tertiary/aromatic N) is 1. The molecule has 1 aliphatic rings. The fraction of sp³-hybridized carbons (Fsp3) is 0.500. The topological polar surface area (TPSA) is 67.9 Å². The summed E-state index contributed by atoms with van der Waals surface area (Å²) in [5.41, 5.74) is 3.08. The van der Waals surface area contributed by atoms with E-state index in [1.165, 1.54) is 17.6 Å².